The summed E-state index contributed by atoms with van der Waals surface area (Å²) in [6.07, 6.45) is 2.98. The minimum Gasteiger partial charge on any atom is -0.481 e. The van der Waals surface area contributed by atoms with Crippen molar-refractivity contribution in [2.75, 3.05) is 23.8 Å². The Bertz CT molecular complexity index is 1920. The van der Waals surface area contributed by atoms with Crippen LogP contribution in [0.1, 0.15) is 88.8 Å². The quantitative estimate of drug-likeness (QED) is 0.0287. The second kappa shape index (κ2) is 26.1. The van der Waals surface area contributed by atoms with E-state index in [1.54, 1.807) is 6.08 Å². The molecule has 0 radical (unpaired) electrons. The van der Waals surface area contributed by atoms with Gasteiger partial charge in [0.25, 0.3) is 0 Å². The predicted molar refractivity (Wildman–Crippen MR) is 217 cm³/mol. The molecule has 12 N–H and O–H groups in total. The van der Waals surface area contributed by atoms with Crippen molar-refractivity contribution in [3.63, 3.8) is 0 Å². The Morgan fingerprint density at radius 1 is 0.967 bits per heavy atom. The largest absolute Gasteiger partial charge is 0.490 e. The number of carbonyl (C=O) groups excluding carboxylic acids is 3. The smallest absolute Gasteiger partial charge is 0.481 e. The number of nitrogen functional groups attached to an aromatic ring is 1. The van der Waals surface area contributed by atoms with Gasteiger partial charge in [0.05, 0.1) is 18.8 Å². The van der Waals surface area contributed by atoms with Gasteiger partial charge in [0, 0.05) is 61.8 Å². The number of phosphoric ester groups is 1. The number of nitrogens with zero attached hydrogens (tertiary/aromatic N) is 2. The van der Waals surface area contributed by atoms with Crippen molar-refractivity contribution in [3.05, 3.63) is 28.3 Å². The summed E-state index contributed by atoms with van der Waals surface area (Å²) in [4.78, 5) is 111. The number of nitrogens with two attached hydrogens (primary N) is 2. The van der Waals surface area contributed by atoms with Crippen molar-refractivity contribution in [2.24, 2.45) is 5.73 Å². The molecule has 2 rings (SSSR count). The number of carboxylic acid groups (broad SMARTS) is 2. The Labute approximate surface area is 356 Å². The fourth-order valence-corrected chi connectivity index (χ4v) is 10.5. The van der Waals surface area contributed by atoms with Crippen LogP contribution in [0.25, 0.3) is 6.08 Å². The van der Waals surface area contributed by atoms with E-state index in [0.29, 0.717) is 43.6 Å². The third-order valence-electron chi connectivity index (χ3n) is 8.30. The zero-order valence-corrected chi connectivity index (χ0v) is 36.7. The molecule has 1 aliphatic rings. The Kier molecular flexibility index (Phi) is 23.2. The number of allylic oxidation sites excluding steroid dienone is 1. The maximum Gasteiger partial charge on any atom is 0.490 e. The number of aliphatic carboxylic acids is 2. The van der Waals surface area contributed by atoms with Gasteiger partial charge in [0.1, 0.15) is 35.8 Å². The molecule has 1 aliphatic heterocycles. The predicted octanol–water partition coefficient (Wildman–Crippen LogP) is 1.62. The Morgan fingerprint density at radius 2 is 1.64 bits per heavy atom. The van der Waals surface area contributed by atoms with Crippen molar-refractivity contribution in [1.29, 1.82) is 0 Å². The van der Waals surface area contributed by atoms with Crippen LogP contribution in [0.4, 0.5) is 5.82 Å². The van der Waals surface area contributed by atoms with Crippen LogP contribution >= 0.6 is 45.1 Å². The molecule has 1 fully saturated rings. The third-order valence-corrected chi connectivity index (χ3v) is 14.5. The van der Waals surface area contributed by atoms with E-state index < -0.39 is 84.1 Å². The maximum absolute atomic E-state index is 12.6. The highest BCUT2D eigenvalue weighted by Gasteiger charge is 2.43. The monoisotopic (exact) mass is 969 g/mol. The van der Waals surface area contributed by atoms with Crippen LogP contribution in [0, 0.1) is 0 Å². The lowest BCUT2D eigenvalue weighted by Crippen LogP contribution is -2.41. The van der Waals surface area contributed by atoms with E-state index in [2.05, 4.69) is 23.4 Å². The van der Waals surface area contributed by atoms with Gasteiger partial charge in [-0.25, -0.2) is 23.3 Å². The molecule has 7 atom stereocenters. The molecule has 61 heavy (non-hydrogen) atoms. The van der Waals surface area contributed by atoms with Crippen LogP contribution in [0.3, 0.4) is 0 Å². The number of aliphatic hydroxyl groups is 1. The first-order valence-corrected chi connectivity index (χ1v) is 25.3. The number of aromatic nitrogens is 2. The molecule has 5 unspecified atom stereocenters. The molecule has 30 heteroatoms. The number of anilines is 1. The number of carboxylic acids is 2. The van der Waals surface area contributed by atoms with Gasteiger partial charge in [-0.2, -0.15) is 13.6 Å². The fraction of sp³-hybridized carbons (Fsp3) is 0.645. The number of nitrogens with one attached hydrogen (secondary N) is 1. The Balaban J connectivity index is 1.67. The first-order valence-electron chi connectivity index (χ1n) is 18.3. The maximum atomic E-state index is 12.6. The fourth-order valence-electron chi connectivity index (χ4n) is 5.26. The molecule has 1 amide bonds. The number of rotatable bonds is 31. The third kappa shape index (κ3) is 22.4. The standard InChI is InChI=1S/C31H50N5O20P3S2/c32-21(23(38)9-3-1-2-4-10-26(40)34-22(30(43)44)11-12-28(41)42)18-61-60-14-13-20(37)8-6-5-7-19-16-36(31(45)35-29(19)33)27-15-24(39)25(54-27)17-53-58(49,50)56-59(51,52)55-57(46,47)48/h5,7,16,21-22,24-25,27,39H,1-4,6,8-15,17-18,32H2,(H,34,40)(H,41,42)(H,43,44)(H,49,50)(H,51,52)(H2,33,35,45)(H2,46,47,48)/t21?,22?,24?,25-,27-/m1/s1. The normalized spacial score (nSPS) is 19.8. The lowest BCUT2D eigenvalue weighted by molar-refractivity contribution is -0.143. The molecular formula is C31H50N5O20P3S2. The molecule has 0 aromatic carbocycles. The number of aliphatic hydroxyl groups excluding tert-OH is 1. The second-order valence-electron chi connectivity index (χ2n) is 13.3. The van der Waals surface area contributed by atoms with Gasteiger partial charge in [0.15, 0.2) is 0 Å². The Morgan fingerprint density at radius 3 is 2.28 bits per heavy atom. The van der Waals surface area contributed by atoms with Gasteiger partial charge in [-0.05, 0) is 25.7 Å². The zero-order chi connectivity index (χ0) is 46.0. The van der Waals surface area contributed by atoms with E-state index in [1.807, 2.05) is 0 Å². The van der Waals surface area contributed by atoms with E-state index in [1.165, 1.54) is 33.9 Å². The minimum absolute atomic E-state index is 0.0397. The van der Waals surface area contributed by atoms with Crippen LogP contribution < -0.4 is 22.5 Å². The van der Waals surface area contributed by atoms with Crippen molar-refractivity contribution >= 4 is 86.4 Å². The van der Waals surface area contributed by atoms with Crippen molar-refractivity contribution < 1.29 is 90.4 Å². The summed E-state index contributed by atoms with van der Waals surface area (Å²) in [6.45, 7) is -0.943. The molecule has 346 valence electrons. The lowest BCUT2D eigenvalue weighted by Gasteiger charge is -2.19. The molecule has 2 heterocycles. The average Bonchev–Trinajstić information content (AvgIpc) is 3.50. The molecule has 1 aromatic rings. The summed E-state index contributed by atoms with van der Waals surface area (Å²) in [6, 6.07) is -1.96. The number of hydrogen-bond donors (Lipinski definition) is 10. The molecular weight excluding hydrogens is 919 g/mol. The molecule has 0 spiro atoms. The Hall–Kier alpha value is -2.84. The van der Waals surface area contributed by atoms with Crippen LogP contribution in [-0.2, 0) is 55.5 Å². The molecule has 0 aliphatic carbocycles. The molecule has 0 bridgehead atoms. The number of unbranched alkanes of at least 4 members (excludes halogenated alkanes) is 3. The number of ketones is 2. The topological polar surface area (TPSA) is 414 Å². The van der Waals surface area contributed by atoms with Crippen LogP contribution in [0.15, 0.2) is 17.1 Å². The SMILES string of the molecule is Nc1nc(=O)n([C@H]2CC(O)[C@@H](COP(=O)(O)OP(=O)(O)OP(=O)(O)O)O2)cc1C=CCCC(=O)CCSSCC(N)C(=O)CCCCCCC(=O)NC(CCC(=O)O)C(=O)O. The number of ether oxygens (including phenoxy) is 1. The van der Waals surface area contributed by atoms with E-state index in [9.17, 15) is 57.4 Å². The summed E-state index contributed by atoms with van der Waals surface area (Å²) in [5.74, 6) is -2.44. The number of carbonyl (C=O) groups is 5. The van der Waals surface area contributed by atoms with Gasteiger partial charge in [0.2, 0.25) is 5.91 Å². The summed E-state index contributed by atoms with van der Waals surface area (Å²) < 4.78 is 52.6. The summed E-state index contributed by atoms with van der Waals surface area (Å²) in [7, 11) is -14.1. The molecule has 25 nitrogen and oxygen atoms in total. The summed E-state index contributed by atoms with van der Waals surface area (Å²) in [5.41, 5.74) is 11.3. The van der Waals surface area contributed by atoms with Gasteiger partial charge in [-0.3, -0.25) is 28.3 Å². The van der Waals surface area contributed by atoms with Gasteiger partial charge < -0.3 is 56.4 Å². The van der Waals surface area contributed by atoms with E-state index >= 15 is 0 Å². The number of amides is 1. The molecule has 1 aromatic heterocycles. The first-order chi connectivity index (χ1) is 28.4. The summed E-state index contributed by atoms with van der Waals surface area (Å²) in [5, 5.41) is 30.5. The number of phosphoric acid groups is 3. The van der Waals surface area contributed by atoms with E-state index in [4.69, 9.17) is 36.2 Å². The molecule has 1 saturated heterocycles. The van der Waals surface area contributed by atoms with E-state index in [0.717, 1.165) is 4.57 Å². The van der Waals surface area contributed by atoms with Crippen LogP contribution in [0.5, 0.6) is 0 Å². The van der Waals surface area contributed by atoms with Gasteiger partial charge in [-0.1, -0.05) is 46.6 Å². The zero-order valence-electron chi connectivity index (χ0n) is 32.4. The highest BCUT2D eigenvalue weighted by atomic mass is 33.1. The van der Waals surface area contributed by atoms with Crippen LogP contribution in [-0.4, -0.2) is 116 Å². The van der Waals surface area contributed by atoms with Crippen molar-refractivity contribution in [3.8, 4) is 0 Å². The highest BCUT2D eigenvalue weighted by Crippen LogP contribution is 2.66. The molecule has 0 saturated carbocycles. The van der Waals surface area contributed by atoms with Crippen molar-refractivity contribution in [2.45, 2.75) is 108 Å². The van der Waals surface area contributed by atoms with Gasteiger partial charge in [-0.15, -0.1) is 0 Å². The van der Waals surface area contributed by atoms with Gasteiger partial charge >= 0.3 is 41.1 Å². The lowest BCUT2D eigenvalue weighted by atomic mass is 10.1. The average molecular weight is 970 g/mol. The highest BCUT2D eigenvalue weighted by molar-refractivity contribution is 8.76. The number of hydrogen-bond acceptors (Lipinski definition) is 19. The summed E-state index contributed by atoms with van der Waals surface area (Å²) >= 11 is 0. The van der Waals surface area contributed by atoms with Crippen LogP contribution in [0.2, 0.25) is 0 Å². The van der Waals surface area contributed by atoms with Crippen molar-refractivity contribution in [1.82, 2.24) is 14.9 Å². The minimum atomic E-state index is -5.77. The second-order valence-corrected chi connectivity index (χ2v) is 20.4. The first kappa shape index (κ1) is 54.3. The van der Waals surface area contributed by atoms with E-state index in [-0.39, 0.29) is 67.9 Å². The number of Topliss-reactive ketones (excluding diaryl/α,β-unsaturated/α-hetero) is 2.